The lowest BCUT2D eigenvalue weighted by atomic mass is 9.84. The molecule has 0 amide bonds. The van der Waals surface area contributed by atoms with Gasteiger partial charge in [-0.25, -0.2) is 0 Å². The van der Waals surface area contributed by atoms with E-state index in [4.69, 9.17) is 0 Å². The number of hydrogen-bond donors (Lipinski definition) is 1. The summed E-state index contributed by atoms with van der Waals surface area (Å²) in [6.45, 7) is 13.9. The van der Waals surface area contributed by atoms with Crippen LogP contribution < -0.4 is 5.32 Å². The first kappa shape index (κ1) is 15.0. The molecule has 0 saturated carbocycles. The van der Waals surface area contributed by atoms with E-state index in [0.29, 0.717) is 11.5 Å². The predicted octanol–water partition coefficient (Wildman–Crippen LogP) is 3.52. The predicted molar refractivity (Wildman–Crippen MR) is 84.8 cm³/mol. The van der Waals surface area contributed by atoms with Crippen molar-refractivity contribution in [1.82, 2.24) is 10.2 Å². The Balaban J connectivity index is 1.85. The number of fused-ring (bicyclic) bond motifs is 1. The molecule has 3 heteroatoms. The summed E-state index contributed by atoms with van der Waals surface area (Å²) in [7, 11) is 0. The van der Waals surface area contributed by atoms with E-state index in [2.05, 4.69) is 49.4 Å². The molecule has 2 heterocycles. The molecule has 1 aromatic rings. The average molecular weight is 280 g/mol. The Morgan fingerprint density at radius 2 is 2.21 bits per heavy atom. The summed E-state index contributed by atoms with van der Waals surface area (Å²) >= 11 is 1.93. The summed E-state index contributed by atoms with van der Waals surface area (Å²) in [5.41, 5.74) is 1.91. The Morgan fingerprint density at radius 3 is 2.89 bits per heavy atom. The van der Waals surface area contributed by atoms with E-state index in [1.165, 1.54) is 25.9 Å². The molecule has 19 heavy (non-hydrogen) atoms. The monoisotopic (exact) mass is 280 g/mol. The van der Waals surface area contributed by atoms with Gasteiger partial charge in [-0.3, -0.25) is 4.90 Å². The summed E-state index contributed by atoms with van der Waals surface area (Å²) in [5, 5.41) is 5.89. The third kappa shape index (κ3) is 4.04. The van der Waals surface area contributed by atoms with Crippen LogP contribution in [0, 0.1) is 5.41 Å². The second-order valence-corrected chi connectivity index (χ2v) is 7.66. The Kier molecular flexibility index (Phi) is 5.04. The molecule has 1 N–H and O–H groups in total. The third-order valence-electron chi connectivity index (χ3n) is 4.12. The van der Waals surface area contributed by atoms with Gasteiger partial charge in [0, 0.05) is 24.0 Å². The standard InChI is InChI=1S/C16H28N2S/c1-5-17-15(16(2,3)4)7-10-18-9-6-14-13(12-18)8-11-19-14/h8,11,15,17H,5-7,9-10,12H2,1-4H3. The molecule has 0 spiro atoms. The van der Waals surface area contributed by atoms with E-state index in [1.54, 1.807) is 10.4 Å². The summed E-state index contributed by atoms with van der Waals surface area (Å²) in [4.78, 5) is 4.22. The van der Waals surface area contributed by atoms with Crippen molar-refractivity contribution in [1.29, 1.82) is 0 Å². The van der Waals surface area contributed by atoms with Crippen molar-refractivity contribution in [3.05, 3.63) is 21.9 Å². The fourth-order valence-corrected chi connectivity index (χ4v) is 3.79. The van der Waals surface area contributed by atoms with E-state index >= 15 is 0 Å². The van der Waals surface area contributed by atoms with Crippen molar-refractivity contribution < 1.29 is 0 Å². The van der Waals surface area contributed by atoms with Gasteiger partial charge in [-0.2, -0.15) is 0 Å². The molecule has 1 aliphatic heterocycles. The quantitative estimate of drug-likeness (QED) is 0.888. The van der Waals surface area contributed by atoms with Gasteiger partial charge in [-0.05, 0) is 48.4 Å². The van der Waals surface area contributed by atoms with E-state index < -0.39 is 0 Å². The molecule has 1 aromatic heterocycles. The summed E-state index contributed by atoms with van der Waals surface area (Å²) < 4.78 is 0. The normalized spacial score (nSPS) is 18.3. The van der Waals surface area contributed by atoms with Gasteiger partial charge in [0.2, 0.25) is 0 Å². The molecule has 2 nitrogen and oxygen atoms in total. The number of nitrogens with zero attached hydrogens (tertiary/aromatic N) is 1. The molecule has 0 bridgehead atoms. The Bertz CT molecular complexity index is 392. The molecule has 1 aliphatic rings. The van der Waals surface area contributed by atoms with Crippen LogP contribution in [0.5, 0.6) is 0 Å². The Morgan fingerprint density at radius 1 is 1.42 bits per heavy atom. The van der Waals surface area contributed by atoms with E-state index in [-0.39, 0.29) is 0 Å². The van der Waals surface area contributed by atoms with Gasteiger partial charge in [0.05, 0.1) is 0 Å². The lowest BCUT2D eigenvalue weighted by Crippen LogP contribution is -2.43. The van der Waals surface area contributed by atoms with E-state index in [0.717, 1.165) is 13.1 Å². The molecule has 2 rings (SSSR count). The highest BCUT2D eigenvalue weighted by molar-refractivity contribution is 7.10. The number of nitrogens with one attached hydrogen (secondary N) is 1. The van der Waals surface area contributed by atoms with Crippen LogP contribution >= 0.6 is 11.3 Å². The highest BCUT2D eigenvalue weighted by atomic mass is 32.1. The highest BCUT2D eigenvalue weighted by Gasteiger charge is 2.25. The van der Waals surface area contributed by atoms with Crippen LogP contribution in [0.2, 0.25) is 0 Å². The SMILES string of the molecule is CCNC(CCN1CCc2sccc2C1)C(C)(C)C. The van der Waals surface area contributed by atoms with Crippen molar-refractivity contribution in [3.63, 3.8) is 0 Å². The van der Waals surface area contributed by atoms with Crippen molar-refractivity contribution in [2.45, 2.75) is 53.1 Å². The summed E-state index contributed by atoms with van der Waals surface area (Å²) in [6.07, 6.45) is 2.49. The second kappa shape index (κ2) is 6.38. The molecule has 0 aliphatic carbocycles. The molecule has 0 saturated heterocycles. The number of hydrogen-bond acceptors (Lipinski definition) is 3. The van der Waals surface area contributed by atoms with Crippen LogP contribution in [-0.2, 0) is 13.0 Å². The molecule has 0 fully saturated rings. The molecule has 0 radical (unpaired) electrons. The summed E-state index contributed by atoms with van der Waals surface area (Å²) in [6, 6.07) is 2.92. The third-order valence-corrected chi connectivity index (χ3v) is 5.14. The molecular weight excluding hydrogens is 252 g/mol. The molecule has 0 aromatic carbocycles. The Hall–Kier alpha value is -0.380. The average Bonchev–Trinajstić information content (AvgIpc) is 2.80. The van der Waals surface area contributed by atoms with Gasteiger partial charge < -0.3 is 5.32 Å². The van der Waals surface area contributed by atoms with Gasteiger partial charge >= 0.3 is 0 Å². The van der Waals surface area contributed by atoms with Crippen LogP contribution in [0.4, 0.5) is 0 Å². The molecular formula is C16H28N2S. The van der Waals surface area contributed by atoms with E-state index in [1.807, 2.05) is 11.3 Å². The van der Waals surface area contributed by atoms with Gasteiger partial charge in [0.25, 0.3) is 0 Å². The first-order chi connectivity index (χ1) is 9.00. The maximum absolute atomic E-state index is 3.65. The number of rotatable bonds is 5. The highest BCUT2D eigenvalue weighted by Crippen LogP contribution is 2.26. The van der Waals surface area contributed by atoms with Gasteiger partial charge in [0.1, 0.15) is 0 Å². The molecule has 1 atom stereocenters. The summed E-state index contributed by atoms with van der Waals surface area (Å²) in [5.74, 6) is 0. The van der Waals surface area contributed by atoms with Crippen molar-refractivity contribution in [2.24, 2.45) is 5.41 Å². The van der Waals surface area contributed by atoms with Gasteiger partial charge in [-0.15, -0.1) is 11.3 Å². The zero-order valence-electron chi connectivity index (χ0n) is 12.8. The smallest absolute Gasteiger partial charge is 0.0244 e. The van der Waals surface area contributed by atoms with Crippen molar-refractivity contribution >= 4 is 11.3 Å². The Labute approximate surface area is 122 Å². The minimum Gasteiger partial charge on any atom is -0.314 e. The molecule has 108 valence electrons. The minimum atomic E-state index is 0.347. The lowest BCUT2D eigenvalue weighted by molar-refractivity contribution is 0.197. The molecule has 1 unspecified atom stereocenters. The van der Waals surface area contributed by atoms with Crippen LogP contribution in [0.15, 0.2) is 11.4 Å². The maximum atomic E-state index is 3.65. The van der Waals surface area contributed by atoms with Crippen LogP contribution in [-0.4, -0.2) is 30.6 Å². The van der Waals surface area contributed by atoms with Crippen molar-refractivity contribution in [3.8, 4) is 0 Å². The van der Waals surface area contributed by atoms with Crippen molar-refractivity contribution in [2.75, 3.05) is 19.6 Å². The second-order valence-electron chi connectivity index (χ2n) is 6.66. The zero-order valence-corrected chi connectivity index (χ0v) is 13.6. The topological polar surface area (TPSA) is 15.3 Å². The van der Waals surface area contributed by atoms with Gasteiger partial charge in [-0.1, -0.05) is 27.7 Å². The zero-order chi connectivity index (χ0) is 13.9. The fourth-order valence-electron chi connectivity index (χ4n) is 2.90. The first-order valence-electron chi connectivity index (χ1n) is 7.51. The van der Waals surface area contributed by atoms with Crippen LogP contribution in [0.1, 0.15) is 44.6 Å². The minimum absolute atomic E-state index is 0.347. The van der Waals surface area contributed by atoms with Crippen LogP contribution in [0.3, 0.4) is 0 Å². The van der Waals surface area contributed by atoms with E-state index in [9.17, 15) is 0 Å². The lowest BCUT2D eigenvalue weighted by Gasteiger charge is -2.34. The van der Waals surface area contributed by atoms with Crippen LogP contribution in [0.25, 0.3) is 0 Å². The first-order valence-corrected chi connectivity index (χ1v) is 8.39. The maximum Gasteiger partial charge on any atom is 0.0244 e. The van der Waals surface area contributed by atoms with Gasteiger partial charge in [0.15, 0.2) is 0 Å². The number of thiophene rings is 1. The largest absolute Gasteiger partial charge is 0.314 e. The fraction of sp³-hybridized carbons (Fsp3) is 0.750.